The fourth-order valence-electron chi connectivity index (χ4n) is 3.25. The summed E-state index contributed by atoms with van der Waals surface area (Å²) < 4.78 is 27.7. The Hall–Kier alpha value is -2.54. The van der Waals surface area contributed by atoms with Crippen LogP contribution < -0.4 is 9.62 Å². The standard InChI is InChI=1S/C24H24Cl2N2O3S/c1-18(12-13-19-8-4-2-5-9-19)27-24(29)17-28(23-16-20(25)14-15-22(23)26)32(30,31)21-10-6-3-7-11-21/h2-11,14-16,18H,12-13,17H2,1H3,(H,27,29)/t18-/m1/s1. The number of hydrogen-bond acceptors (Lipinski definition) is 3. The van der Waals surface area contributed by atoms with E-state index in [1.54, 1.807) is 24.3 Å². The van der Waals surface area contributed by atoms with Gasteiger partial charge in [-0.15, -0.1) is 0 Å². The van der Waals surface area contributed by atoms with Crippen LogP contribution in [-0.4, -0.2) is 26.9 Å². The van der Waals surface area contributed by atoms with E-state index in [1.165, 1.54) is 29.8 Å². The van der Waals surface area contributed by atoms with Crippen molar-refractivity contribution in [2.45, 2.75) is 30.7 Å². The van der Waals surface area contributed by atoms with Crippen LogP contribution in [0.5, 0.6) is 0 Å². The molecule has 0 aliphatic carbocycles. The van der Waals surface area contributed by atoms with Crippen molar-refractivity contribution < 1.29 is 13.2 Å². The molecule has 32 heavy (non-hydrogen) atoms. The summed E-state index contributed by atoms with van der Waals surface area (Å²) in [6.07, 6.45) is 1.52. The number of anilines is 1. The Bertz CT molecular complexity index is 1160. The normalized spacial score (nSPS) is 12.2. The number of carbonyl (C=O) groups is 1. The molecule has 0 saturated heterocycles. The number of sulfonamides is 1. The first kappa shape index (κ1) is 24.1. The SMILES string of the molecule is C[C@H](CCc1ccccc1)NC(=O)CN(c1cc(Cl)ccc1Cl)S(=O)(=O)c1ccccc1. The first-order valence-electron chi connectivity index (χ1n) is 10.1. The summed E-state index contributed by atoms with van der Waals surface area (Å²) in [4.78, 5) is 12.9. The summed E-state index contributed by atoms with van der Waals surface area (Å²) in [6, 6.07) is 22.2. The van der Waals surface area contributed by atoms with Gasteiger partial charge in [-0.3, -0.25) is 9.10 Å². The maximum absolute atomic E-state index is 13.4. The molecule has 3 aromatic rings. The van der Waals surface area contributed by atoms with Gasteiger partial charge in [0.25, 0.3) is 10.0 Å². The first-order valence-corrected chi connectivity index (χ1v) is 12.3. The van der Waals surface area contributed by atoms with Crippen LogP contribution in [0.4, 0.5) is 5.69 Å². The molecule has 168 valence electrons. The van der Waals surface area contributed by atoms with Gasteiger partial charge in [0, 0.05) is 11.1 Å². The Morgan fingerprint density at radius 1 is 0.969 bits per heavy atom. The van der Waals surface area contributed by atoms with Crippen LogP contribution in [0.2, 0.25) is 10.0 Å². The van der Waals surface area contributed by atoms with Crippen molar-refractivity contribution in [1.82, 2.24) is 5.32 Å². The number of nitrogens with zero attached hydrogens (tertiary/aromatic N) is 1. The van der Waals surface area contributed by atoms with Gasteiger partial charge in [-0.1, -0.05) is 71.7 Å². The van der Waals surface area contributed by atoms with E-state index < -0.39 is 22.5 Å². The topological polar surface area (TPSA) is 66.5 Å². The van der Waals surface area contributed by atoms with Gasteiger partial charge in [0.1, 0.15) is 6.54 Å². The van der Waals surface area contributed by atoms with Gasteiger partial charge in [-0.2, -0.15) is 0 Å². The molecule has 5 nitrogen and oxygen atoms in total. The predicted octanol–water partition coefficient (Wildman–Crippen LogP) is 5.33. The number of amides is 1. The second-order valence-corrected chi connectivity index (χ2v) is 10.1. The number of benzene rings is 3. The minimum Gasteiger partial charge on any atom is -0.352 e. The number of aryl methyl sites for hydroxylation is 1. The van der Waals surface area contributed by atoms with E-state index >= 15 is 0 Å². The number of nitrogens with one attached hydrogen (secondary N) is 1. The number of rotatable bonds is 9. The highest BCUT2D eigenvalue weighted by Crippen LogP contribution is 2.32. The molecule has 1 N–H and O–H groups in total. The van der Waals surface area contributed by atoms with Crippen LogP contribution in [0, 0.1) is 0 Å². The van der Waals surface area contributed by atoms with Crippen LogP contribution in [0.1, 0.15) is 18.9 Å². The van der Waals surface area contributed by atoms with Crippen molar-refractivity contribution in [2.75, 3.05) is 10.8 Å². The Labute approximate surface area is 199 Å². The molecule has 0 saturated carbocycles. The summed E-state index contributed by atoms with van der Waals surface area (Å²) in [6.45, 7) is 1.47. The predicted molar refractivity (Wildman–Crippen MR) is 130 cm³/mol. The third-order valence-corrected chi connectivity index (χ3v) is 7.24. The molecular weight excluding hydrogens is 467 g/mol. The molecule has 1 amide bonds. The Kier molecular flexibility index (Phi) is 8.18. The lowest BCUT2D eigenvalue weighted by atomic mass is 10.1. The highest BCUT2D eigenvalue weighted by atomic mass is 35.5. The Morgan fingerprint density at radius 2 is 1.59 bits per heavy atom. The zero-order valence-electron chi connectivity index (χ0n) is 17.5. The molecule has 0 aliphatic rings. The lowest BCUT2D eigenvalue weighted by Crippen LogP contribution is -2.43. The molecule has 0 aromatic heterocycles. The highest BCUT2D eigenvalue weighted by Gasteiger charge is 2.29. The van der Waals surface area contributed by atoms with Gasteiger partial charge in [-0.05, 0) is 55.7 Å². The average molecular weight is 491 g/mol. The molecule has 0 aliphatic heterocycles. The summed E-state index contributed by atoms with van der Waals surface area (Å²) >= 11 is 12.4. The molecular formula is C24H24Cl2N2O3S. The van der Waals surface area contributed by atoms with Crippen LogP contribution in [0.15, 0.2) is 83.8 Å². The van der Waals surface area contributed by atoms with E-state index in [1.807, 2.05) is 37.3 Å². The lowest BCUT2D eigenvalue weighted by molar-refractivity contribution is -0.120. The summed E-state index contributed by atoms with van der Waals surface area (Å²) in [5.74, 6) is -0.430. The first-order chi connectivity index (χ1) is 15.3. The van der Waals surface area contributed by atoms with E-state index in [2.05, 4.69) is 5.32 Å². The molecule has 8 heteroatoms. The summed E-state index contributed by atoms with van der Waals surface area (Å²) in [5, 5.41) is 3.38. The monoisotopic (exact) mass is 490 g/mol. The molecule has 0 unspecified atom stereocenters. The molecule has 3 rings (SSSR count). The largest absolute Gasteiger partial charge is 0.352 e. The van der Waals surface area contributed by atoms with E-state index in [0.29, 0.717) is 5.02 Å². The van der Waals surface area contributed by atoms with Crippen LogP contribution in [0.3, 0.4) is 0 Å². The van der Waals surface area contributed by atoms with Crippen molar-refractivity contribution in [2.24, 2.45) is 0 Å². The minimum absolute atomic E-state index is 0.0565. The quantitative estimate of drug-likeness (QED) is 0.440. The smallest absolute Gasteiger partial charge is 0.264 e. The zero-order valence-corrected chi connectivity index (χ0v) is 19.9. The summed E-state index contributed by atoms with van der Waals surface area (Å²) in [5.41, 5.74) is 1.32. The van der Waals surface area contributed by atoms with Crippen molar-refractivity contribution in [1.29, 1.82) is 0 Å². The average Bonchev–Trinajstić information content (AvgIpc) is 2.79. The Morgan fingerprint density at radius 3 is 2.25 bits per heavy atom. The second kappa shape index (κ2) is 10.9. The van der Waals surface area contributed by atoms with Crippen molar-refractivity contribution in [3.05, 3.63) is 94.5 Å². The molecule has 0 heterocycles. The highest BCUT2D eigenvalue weighted by molar-refractivity contribution is 7.92. The third-order valence-electron chi connectivity index (χ3n) is 4.91. The van der Waals surface area contributed by atoms with Crippen molar-refractivity contribution >= 4 is 44.8 Å². The number of halogens is 2. The van der Waals surface area contributed by atoms with Crippen LogP contribution in [-0.2, 0) is 21.2 Å². The van der Waals surface area contributed by atoms with Gasteiger partial charge in [0.2, 0.25) is 5.91 Å². The third kappa shape index (κ3) is 6.25. The molecule has 3 aromatic carbocycles. The van der Waals surface area contributed by atoms with E-state index in [9.17, 15) is 13.2 Å². The van der Waals surface area contributed by atoms with Crippen LogP contribution in [0.25, 0.3) is 0 Å². The second-order valence-electron chi connectivity index (χ2n) is 7.41. The Balaban J connectivity index is 1.79. The molecule has 1 atom stereocenters. The zero-order chi connectivity index (χ0) is 23.1. The van der Waals surface area contributed by atoms with Crippen molar-refractivity contribution in [3.63, 3.8) is 0 Å². The van der Waals surface area contributed by atoms with Crippen molar-refractivity contribution in [3.8, 4) is 0 Å². The van der Waals surface area contributed by atoms with E-state index in [4.69, 9.17) is 23.2 Å². The fraction of sp³-hybridized carbons (Fsp3) is 0.208. The van der Waals surface area contributed by atoms with E-state index in [0.717, 1.165) is 17.1 Å². The number of hydrogen-bond donors (Lipinski definition) is 1. The van der Waals surface area contributed by atoms with Gasteiger partial charge in [-0.25, -0.2) is 8.42 Å². The molecule has 0 radical (unpaired) electrons. The molecule has 0 bridgehead atoms. The minimum atomic E-state index is -4.05. The van der Waals surface area contributed by atoms with E-state index in [-0.39, 0.29) is 21.6 Å². The maximum atomic E-state index is 13.4. The molecule has 0 spiro atoms. The van der Waals surface area contributed by atoms with Gasteiger partial charge < -0.3 is 5.32 Å². The fourth-order valence-corrected chi connectivity index (χ4v) is 5.14. The lowest BCUT2D eigenvalue weighted by Gasteiger charge is -2.26. The van der Waals surface area contributed by atoms with Crippen LogP contribution >= 0.6 is 23.2 Å². The molecule has 0 fully saturated rings. The maximum Gasteiger partial charge on any atom is 0.264 e. The van der Waals surface area contributed by atoms with Gasteiger partial charge in [0.15, 0.2) is 0 Å². The summed E-state index contributed by atoms with van der Waals surface area (Å²) in [7, 11) is -4.05. The van der Waals surface area contributed by atoms with Gasteiger partial charge in [0.05, 0.1) is 15.6 Å². The van der Waals surface area contributed by atoms with Gasteiger partial charge >= 0.3 is 0 Å². The number of carbonyl (C=O) groups excluding carboxylic acids is 1.